The average Bonchev–Trinajstić information content (AvgIpc) is 3.37. The van der Waals surface area contributed by atoms with E-state index in [1.165, 1.54) is 7.11 Å². The fourth-order valence-corrected chi connectivity index (χ4v) is 6.62. The van der Waals surface area contributed by atoms with Crippen molar-refractivity contribution < 1.29 is 19.1 Å². The molecule has 3 atom stereocenters. The Kier molecular flexibility index (Phi) is 7.31. The van der Waals surface area contributed by atoms with Crippen molar-refractivity contribution in [1.82, 2.24) is 4.90 Å². The number of hydrogen-bond donors (Lipinski definition) is 2. The molecule has 40 heavy (non-hydrogen) atoms. The van der Waals surface area contributed by atoms with E-state index in [9.17, 15) is 14.4 Å². The molecule has 2 heterocycles. The van der Waals surface area contributed by atoms with Crippen molar-refractivity contribution >= 4 is 52.5 Å². The lowest BCUT2D eigenvalue weighted by Gasteiger charge is -2.38. The van der Waals surface area contributed by atoms with Gasteiger partial charge in [-0.15, -0.1) is 0 Å². The number of fused-ring (bicyclic) bond motifs is 2. The van der Waals surface area contributed by atoms with Gasteiger partial charge in [0.2, 0.25) is 5.91 Å². The Balaban J connectivity index is 1.63. The number of urea groups is 1. The molecule has 2 aliphatic heterocycles. The minimum absolute atomic E-state index is 0.123. The lowest BCUT2D eigenvalue weighted by atomic mass is 9.63. The molecule has 5 rings (SSSR count). The topological polar surface area (TPSA) is 87.7 Å². The van der Waals surface area contributed by atoms with Crippen molar-refractivity contribution in [3.05, 3.63) is 93.5 Å². The van der Waals surface area contributed by atoms with Crippen molar-refractivity contribution in [1.29, 1.82) is 0 Å². The molecule has 2 N–H and O–H groups in total. The second-order valence-electron chi connectivity index (χ2n) is 11.6. The SMILES string of the molecule is COC(=O)c1ccc(NC(=O)N2C[C@@H](CC(C)(C)C)[C@@]3(C(=O)Nc4cc(Cl)ccc43)[C@H]2c2cccc(Cl)c2)cc1. The average molecular weight is 581 g/mol. The fraction of sp³-hybridized carbons (Fsp3) is 0.323. The molecule has 208 valence electrons. The smallest absolute Gasteiger partial charge is 0.337 e. The number of ether oxygens (including phenoxy) is 1. The van der Waals surface area contributed by atoms with Crippen LogP contribution in [0.25, 0.3) is 0 Å². The Hall–Kier alpha value is -3.55. The van der Waals surface area contributed by atoms with E-state index in [2.05, 4.69) is 31.4 Å². The molecule has 9 heteroatoms. The highest BCUT2D eigenvalue weighted by Crippen LogP contribution is 2.60. The maximum Gasteiger partial charge on any atom is 0.337 e. The number of carbonyl (C=O) groups excluding carboxylic acids is 3. The van der Waals surface area contributed by atoms with Crippen LogP contribution in [0.1, 0.15) is 54.7 Å². The summed E-state index contributed by atoms with van der Waals surface area (Å²) in [6.07, 6.45) is 0.692. The Bertz CT molecular complexity index is 1480. The molecule has 7 nitrogen and oxygen atoms in total. The number of carbonyl (C=O) groups is 3. The number of amides is 3. The van der Waals surface area contributed by atoms with Crippen molar-refractivity contribution in [2.75, 3.05) is 24.3 Å². The van der Waals surface area contributed by atoms with Crippen LogP contribution in [0.2, 0.25) is 10.0 Å². The van der Waals surface area contributed by atoms with Crippen LogP contribution in [0.3, 0.4) is 0 Å². The van der Waals surface area contributed by atoms with E-state index in [1.54, 1.807) is 47.4 Å². The molecule has 3 aromatic carbocycles. The molecule has 0 saturated carbocycles. The van der Waals surface area contributed by atoms with Gasteiger partial charge in [-0.1, -0.05) is 62.2 Å². The summed E-state index contributed by atoms with van der Waals surface area (Å²) < 4.78 is 4.77. The highest BCUT2D eigenvalue weighted by atomic mass is 35.5. The van der Waals surface area contributed by atoms with Crippen LogP contribution in [-0.4, -0.2) is 36.5 Å². The van der Waals surface area contributed by atoms with Gasteiger partial charge in [0.25, 0.3) is 0 Å². The molecule has 1 fully saturated rings. The molecule has 0 bridgehead atoms. The highest BCUT2D eigenvalue weighted by molar-refractivity contribution is 6.31. The van der Waals surface area contributed by atoms with Gasteiger partial charge in [-0.05, 0) is 77.4 Å². The van der Waals surface area contributed by atoms with Crippen LogP contribution in [0, 0.1) is 11.3 Å². The summed E-state index contributed by atoms with van der Waals surface area (Å²) in [4.78, 5) is 41.8. The number of nitrogens with one attached hydrogen (secondary N) is 2. The molecule has 1 spiro atoms. The first-order valence-corrected chi connectivity index (χ1v) is 13.8. The number of anilines is 2. The van der Waals surface area contributed by atoms with Gasteiger partial charge in [0, 0.05) is 28.0 Å². The number of likely N-dealkylation sites (tertiary alicyclic amines) is 1. The molecular formula is C31H31Cl2N3O4. The zero-order valence-electron chi connectivity index (χ0n) is 22.8. The standard InChI is InChI=1S/C31H31Cl2N3O4/c1-30(2,3)16-20-17-36(29(39)34-23-11-8-18(9-12-23)27(37)40-4)26(19-6-5-7-21(32)14-19)31(20)24-13-10-22(33)15-25(24)35-28(31)38/h5-15,20,26H,16-17H2,1-4H3,(H,34,39)(H,35,38)/t20-,26-,31+/m1/s1. The fourth-order valence-electron chi connectivity index (χ4n) is 6.25. The van der Waals surface area contributed by atoms with Gasteiger partial charge >= 0.3 is 12.0 Å². The van der Waals surface area contributed by atoms with Crippen molar-refractivity contribution in [3.8, 4) is 0 Å². The molecule has 0 radical (unpaired) electrons. The van der Waals surface area contributed by atoms with E-state index in [0.717, 1.165) is 11.1 Å². The second kappa shape index (κ2) is 10.5. The summed E-state index contributed by atoms with van der Waals surface area (Å²) in [6.45, 7) is 6.75. The summed E-state index contributed by atoms with van der Waals surface area (Å²) in [5, 5.41) is 7.08. The van der Waals surface area contributed by atoms with Crippen LogP contribution in [0.5, 0.6) is 0 Å². The monoisotopic (exact) mass is 579 g/mol. The van der Waals surface area contributed by atoms with Gasteiger partial charge in [0.05, 0.1) is 18.7 Å². The van der Waals surface area contributed by atoms with Crippen molar-refractivity contribution in [2.45, 2.75) is 38.6 Å². The van der Waals surface area contributed by atoms with Crippen LogP contribution in [0.15, 0.2) is 66.7 Å². The summed E-state index contributed by atoms with van der Waals surface area (Å²) >= 11 is 12.8. The van der Waals surface area contributed by atoms with E-state index in [1.807, 2.05) is 24.3 Å². The molecule has 0 unspecified atom stereocenters. The third-order valence-corrected chi connectivity index (χ3v) is 8.17. The number of methoxy groups -OCH3 is 1. The Morgan fingerprint density at radius 3 is 2.40 bits per heavy atom. The van der Waals surface area contributed by atoms with Crippen molar-refractivity contribution in [3.63, 3.8) is 0 Å². The van der Waals surface area contributed by atoms with Gasteiger partial charge in [0.1, 0.15) is 5.41 Å². The van der Waals surface area contributed by atoms with E-state index in [0.29, 0.717) is 39.9 Å². The summed E-state index contributed by atoms with van der Waals surface area (Å²) in [7, 11) is 1.32. The summed E-state index contributed by atoms with van der Waals surface area (Å²) in [5.41, 5.74) is 1.94. The predicted octanol–water partition coefficient (Wildman–Crippen LogP) is 7.31. The molecule has 3 amide bonds. The number of hydrogen-bond acceptors (Lipinski definition) is 4. The van der Waals surface area contributed by atoms with Gasteiger partial charge in [-0.25, -0.2) is 9.59 Å². The van der Waals surface area contributed by atoms with Gasteiger partial charge < -0.3 is 20.3 Å². The number of esters is 1. The third kappa shape index (κ3) is 4.93. The van der Waals surface area contributed by atoms with E-state index >= 15 is 0 Å². The molecule has 2 aliphatic rings. The first kappa shape index (κ1) is 28.0. The van der Waals surface area contributed by atoms with E-state index in [-0.39, 0.29) is 23.3 Å². The summed E-state index contributed by atoms with van der Waals surface area (Å²) in [5.74, 6) is -0.829. The minimum atomic E-state index is -1.07. The van der Waals surface area contributed by atoms with Gasteiger partial charge in [-0.3, -0.25) is 4.79 Å². The Morgan fingerprint density at radius 2 is 1.75 bits per heavy atom. The van der Waals surface area contributed by atoms with Crippen LogP contribution in [0.4, 0.5) is 16.2 Å². The van der Waals surface area contributed by atoms with Gasteiger partial charge in [0.15, 0.2) is 0 Å². The third-order valence-electron chi connectivity index (χ3n) is 7.70. The first-order valence-electron chi connectivity index (χ1n) is 13.1. The normalized spacial score (nSPS) is 21.8. The lowest BCUT2D eigenvalue weighted by molar-refractivity contribution is -0.123. The van der Waals surface area contributed by atoms with E-state index < -0.39 is 17.4 Å². The van der Waals surface area contributed by atoms with E-state index in [4.69, 9.17) is 27.9 Å². The number of nitrogens with zero attached hydrogens (tertiary/aromatic N) is 1. The Morgan fingerprint density at radius 1 is 1.05 bits per heavy atom. The second-order valence-corrected chi connectivity index (χ2v) is 12.5. The number of benzene rings is 3. The largest absolute Gasteiger partial charge is 0.465 e. The number of halogens is 2. The first-order chi connectivity index (χ1) is 18.9. The molecular weight excluding hydrogens is 549 g/mol. The lowest BCUT2D eigenvalue weighted by Crippen LogP contribution is -2.46. The molecule has 0 aromatic heterocycles. The zero-order chi connectivity index (χ0) is 28.8. The summed E-state index contributed by atoms with van der Waals surface area (Å²) in [6, 6.07) is 18.3. The van der Waals surface area contributed by atoms with Gasteiger partial charge in [-0.2, -0.15) is 0 Å². The minimum Gasteiger partial charge on any atom is -0.465 e. The van der Waals surface area contributed by atoms with Crippen LogP contribution >= 0.6 is 23.2 Å². The van der Waals surface area contributed by atoms with Crippen molar-refractivity contribution in [2.24, 2.45) is 11.3 Å². The predicted molar refractivity (Wildman–Crippen MR) is 157 cm³/mol. The zero-order valence-corrected chi connectivity index (χ0v) is 24.3. The molecule has 3 aromatic rings. The number of rotatable bonds is 4. The van der Waals surface area contributed by atoms with Crippen LogP contribution in [-0.2, 0) is 14.9 Å². The quantitative estimate of drug-likeness (QED) is 0.317. The molecule has 1 saturated heterocycles. The van der Waals surface area contributed by atoms with Crippen LogP contribution < -0.4 is 10.6 Å². The Labute approximate surface area is 243 Å². The maximum absolute atomic E-state index is 14.2. The molecule has 0 aliphatic carbocycles. The maximum atomic E-state index is 14.2. The highest BCUT2D eigenvalue weighted by Gasteiger charge is 2.65.